The Hall–Kier alpha value is -2.91. The van der Waals surface area contributed by atoms with Gasteiger partial charge in [0, 0.05) is 28.2 Å². The summed E-state index contributed by atoms with van der Waals surface area (Å²) in [5, 5.41) is 4.18. The summed E-state index contributed by atoms with van der Waals surface area (Å²) in [7, 11) is 3.05. The number of nitrogens with zero attached hydrogens (tertiary/aromatic N) is 3. The van der Waals surface area contributed by atoms with Gasteiger partial charge in [-0.05, 0) is 50.1 Å². The molecule has 174 valence electrons. The molecule has 0 amide bonds. The topological polar surface area (TPSA) is 85.8 Å². The van der Waals surface area contributed by atoms with Crippen LogP contribution in [0.3, 0.4) is 0 Å². The van der Waals surface area contributed by atoms with Crippen LogP contribution in [0.25, 0.3) is 10.9 Å². The Morgan fingerprint density at radius 1 is 1.21 bits per heavy atom. The minimum atomic E-state index is -0.157. The smallest absolute Gasteiger partial charge is 0.323 e. The third kappa shape index (κ3) is 5.54. The van der Waals surface area contributed by atoms with E-state index in [1.165, 1.54) is 13.4 Å². The molecular formula is C24H27BrN4O4. The fourth-order valence-electron chi connectivity index (χ4n) is 4.09. The summed E-state index contributed by atoms with van der Waals surface area (Å²) < 4.78 is 17.5. The molecule has 9 heteroatoms. The van der Waals surface area contributed by atoms with Crippen LogP contribution < -0.4 is 14.8 Å². The fourth-order valence-corrected chi connectivity index (χ4v) is 4.48. The van der Waals surface area contributed by atoms with Crippen molar-refractivity contribution in [3.63, 3.8) is 0 Å². The number of nitrogens with one attached hydrogen (secondary N) is 1. The molecule has 1 aromatic heterocycles. The lowest BCUT2D eigenvalue weighted by molar-refractivity contribution is -0.145. The van der Waals surface area contributed by atoms with Crippen LogP contribution in [0, 0.1) is 0 Å². The zero-order chi connectivity index (χ0) is 23.2. The molecule has 1 fully saturated rings. The normalized spacial score (nSPS) is 16.0. The maximum Gasteiger partial charge on any atom is 0.323 e. The summed E-state index contributed by atoms with van der Waals surface area (Å²) in [5.74, 6) is 1.77. The van der Waals surface area contributed by atoms with E-state index in [-0.39, 0.29) is 12.0 Å². The van der Waals surface area contributed by atoms with Crippen LogP contribution in [0.1, 0.15) is 19.3 Å². The number of ether oxygens (including phenoxy) is 3. The third-order valence-electron chi connectivity index (χ3n) is 5.69. The number of carbonyl (C=O) groups excluding carboxylic acids is 1. The van der Waals surface area contributed by atoms with E-state index in [0.29, 0.717) is 23.9 Å². The number of methoxy groups -OCH3 is 2. The fraction of sp³-hybridized carbons (Fsp3) is 0.375. The van der Waals surface area contributed by atoms with Crippen LogP contribution in [0.2, 0.25) is 0 Å². The molecular weight excluding hydrogens is 488 g/mol. The summed E-state index contributed by atoms with van der Waals surface area (Å²) in [6, 6.07) is 11.5. The monoisotopic (exact) mass is 514 g/mol. The molecule has 3 aromatic rings. The van der Waals surface area contributed by atoms with Gasteiger partial charge in [0.15, 0.2) is 11.5 Å². The van der Waals surface area contributed by atoms with Crippen molar-refractivity contribution < 1.29 is 19.0 Å². The quantitative estimate of drug-likeness (QED) is 0.328. The number of benzene rings is 2. The number of fused-ring (bicyclic) bond motifs is 1. The van der Waals surface area contributed by atoms with Gasteiger partial charge >= 0.3 is 5.97 Å². The first-order valence-corrected chi connectivity index (χ1v) is 11.7. The first kappa shape index (κ1) is 23.3. The van der Waals surface area contributed by atoms with E-state index in [4.69, 9.17) is 14.2 Å². The van der Waals surface area contributed by atoms with Gasteiger partial charge in [0.2, 0.25) is 0 Å². The number of rotatable bonds is 9. The van der Waals surface area contributed by atoms with Crippen LogP contribution in [-0.2, 0) is 9.53 Å². The number of esters is 1. The maximum atomic E-state index is 11.9. The molecule has 4 rings (SSSR count). The molecule has 1 atom stereocenters. The first-order valence-electron chi connectivity index (χ1n) is 10.9. The number of anilines is 2. The molecule has 1 N–H and O–H groups in total. The van der Waals surface area contributed by atoms with Crippen molar-refractivity contribution in [2.24, 2.45) is 0 Å². The number of hydrogen-bond acceptors (Lipinski definition) is 8. The Morgan fingerprint density at radius 3 is 2.88 bits per heavy atom. The SMILES string of the molecule is COC(=O)[C@@H]1CCCN1CCCOc1cc2c(Nc3cccc(Br)c3)ncnc2cc1OC. The maximum absolute atomic E-state index is 11.9. The molecule has 2 aromatic carbocycles. The van der Waals surface area contributed by atoms with Crippen LogP contribution >= 0.6 is 15.9 Å². The Labute approximate surface area is 201 Å². The molecule has 8 nitrogen and oxygen atoms in total. The molecule has 0 aliphatic carbocycles. The number of carbonyl (C=O) groups is 1. The highest BCUT2D eigenvalue weighted by Crippen LogP contribution is 2.35. The van der Waals surface area contributed by atoms with E-state index in [9.17, 15) is 4.79 Å². The molecule has 0 radical (unpaired) electrons. The Balaban J connectivity index is 1.47. The van der Waals surface area contributed by atoms with Gasteiger partial charge in [0.05, 0.1) is 26.3 Å². The van der Waals surface area contributed by atoms with Crippen molar-refractivity contribution in [3.8, 4) is 11.5 Å². The van der Waals surface area contributed by atoms with Gasteiger partial charge < -0.3 is 19.5 Å². The van der Waals surface area contributed by atoms with E-state index in [2.05, 4.69) is 36.1 Å². The van der Waals surface area contributed by atoms with Gasteiger partial charge in [0.25, 0.3) is 0 Å². The molecule has 0 bridgehead atoms. The first-order chi connectivity index (χ1) is 16.1. The van der Waals surface area contributed by atoms with E-state index in [0.717, 1.165) is 53.4 Å². The summed E-state index contributed by atoms with van der Waals surface area (Å²) in [4.78, 5) is 22.9. The average molecular weight is 515 g/mol. The highest BCUT2D eigenvalue weighted by atomic mass is 79.9. The van der Waals surface area contributed by atoms with Crippen molar-refractivity contribution in [2.45, 2.75) is 25.3 Å². The Kier molecular flexibility index (Phi) is 7.61. The van der Waals surface area contributed by atoms with Crippen molar-refractivity contribution in [3.05, 3.63) is 47.2 Å². The second kappa shape index (κ2) is 10.8. The molecule has 33 heavy (non-hydrogen) atoms. The van der Waals surface area contributed by atoms with Crippen molar-refractivity contribution in [2.75, 3.05) is 39.2 Å². The lowest BCUT2D eigenvalue weighted by Gasteiger charge is -2.22. The van der Waals surface area contributed by atoms with Crippen molar-refractivity contribution in [1.82, 2.24) is 14.9 Å². The second-order valence-electron chi connectivity index (χ2n) is 7.80. The van der Waals surface area contributed by atoms with Crippen LogP contribution in [-0.4, -0.2) is 60.8 Å². The number of likely N-dealkylation sites (tertiary alicyclic amines) is 1. The van der Waals surface area contributed by atoms with Crippen molar-refractivity contribution >= 4 is 44.3 Å². The molecule has 0 spiro atoms. The lowest BCUT2D eigenvalue weighted by Crippen LogP contribution is -2.37. The number of hydrogen-bond donors (Lipinski definition) is 1. The standard InChI is InChI=1S/C24H27BrN4O4/c1-31-21-14-19-18(23(27-15-26-19)28-17-7-3-6-16(25)12-17)13-22(21)33-11-5-10-29-9-4-8-20(29)24(30)32-2/h3,6-7,12-15,20H,4-5,8-11H2,1-2H3,(H,26,27,28)/t20-/m0/s1. The molecule has 0 saturated carbocycles. The molecule has 0 unspecified atom stereocenters. The third-order valence-corrected chi connectivity index (χ3v) is 6.19. The highest BCUT2D eigenvalue weighted by Gasteiger charge is 2.30. The second-order valence-corrected chi connectivity index (χ2v) is 8.71. The number of halogens is 1. The predicted octanol–water partition coefficient (Wildman–Crippen LogP) is 4.55. The summed E-state index contributed by atoms with van der Waals surface area (Å²) >= 11 is 3.49. The summed E-state index contributed by atoms with van der Waals surface area (Å²) in [5.41, 5.74) is 1.66. The summed E-state index contributed by atoms with van der Waals surface area (Å²) in [6.45, 7) is 2.17. The summed E-state index contributed by atoms with van der Waals surface area (Å²) in [6.07, 6.45) is 4.16. The van der Waals surface area contributed by atoms with E-state index in [1.807, 2.05) is 36.4 Å². The largest absolute Gasteiger partial charge is 0.493 e. The van der Waals surface area contributed by atoms with E-state index in [1.54, 1.807) is 7.11 Å². The zero-order valence-corrected chi connectivity index (χ0v) is 20.3. The van der Waals surface area contributed by atoms with Gasteiger partial charge in [-0.15, -0.1) is 0 Å². The van der Waals surface area contributed by atoms with Crippen LogP contribution in [0.4, 0.5) is 11.5 Å². The van der Waals surface area contributed by atoms with Gasteiger partial charge in [-0.25, -0.2) is 9.97 Å². The van der Waals surface area contributed by atoms with Crippen LogP contribution in [0.5, 0.6) is 11.5 Å². The van der Waals surface area contributed by atoms with Gasteiger partial charge in [-0.3, -0.25) is 9.69 Å². The minimum Gasteiger partial charge on any atom is -0.493 e. The molecule has 1 aliphatic rings. The van der Waals surface area contributed by atoms with Crippen molar-refractivity contribution in [1.29, 1.82) is 0 Å². The van der Waals surface area contributed by atoms with E-state index < -0.39 is 0 Å². The molecule has 1 aliphatic heterocycles. The highest BCUT2D eigenvalue weighted by molar-refractivity contribution is 9.10. The van der Waals surface area contributed by atoms with Gasteiger partial charge in [-0.2, -0.15) is 0 Å². The number of aromatic nitrogens is 2. The zero-order valence-electron chi connectivity index (χ0n) is 18.7. The van der Waals surface area contributed by atoms with Crippen LogP contribution in [0.15, 0.2) is 47.2 Å². The molecule has 1 saturated heterocycles. The van der Waals surface area contributed by atoms with E-state index >= 15 is 0 Å². The average Bonchev–Trinajstić information content (AvgIpc) is 3.30. The van der Waals surface area contributed by atoms with Gasteiger partial charge in [0.1, 0.15) is 18.2 Å². The Bertz CT molecular complexity index is 1130. The molecule has 2 heterocycles. The van der Waals surface area contributed by atoms with Gasteiger partial charge in [-0.1, -0.05) is 22.0 Å². The lowest BCUT2D eigenvalue weighted by atomic mass is 10.2. The minimum absolute atomic E-state index is 0.144. The predicted molar refractivity (Wildman–Crippen MR) is 130 cm³/mol. The Morgan fingerprint density at radius 2 is 2.09 bits per heavy atom.